The largest absolute Gasteiger partial charge is 0.467 e. The summed E-state index contributed by atoms with van der Waals surface area (Å²) < 4.78 is 7.24. The molecule has 0 aliphatic rings. The molecule has 126 valence electrons. The van der Waals surface area contributed by atoms with E-state index in [9.17, 15) is 4.79 Å². The van der Waals surface area contributed by atoms with Gasteiger partial charge in [0.2, 0.25) is 5.91 Å². The molecule has 6 nitrogen and oxygen atoms in total. The fraction of sp³-hybridized carbons (Fsp3) is 0.167. The zero-order chi connectivity index (χ0) is 17.2. The highest BCUT2D eigenvalue weighted by atomic mass is 32.1. The van der Waals surface area contributed by atoms with Crippen LogP contribution in [0.15, 0.2) is 58.0 Å². The molecule has 0 bridgehead atoms. The number of fused-ring (bicyclic) bond motifs is 1. The van der Waals surface area contributed by atoms with Crippen LogP contribution >= 0.6 is 11.3 Å². The van der Waals surface area contributed by atoms with Crippen LogP contribution in [0.2, 0.25) is 0 Å². The molecular weight excluding hydrogens is 336 g/mol. The Labute approximate surface area is 148 Å². The molecule has 3 aromatic heterocycles. The Hall–Kier alpha value is -2.93. The van der Waals surface area contributed by atoms with E-state index in [1.165, 1.54) is 11.3 Å². The molecule has 7 heteroatoms. The number of carbonyl (C=O) groups excluding carboxylic acids is 1. The summed E-state index contributed by atoms with van der Waals surface area (Å²) in [5.74, 6) is 1.32. The second-order valence-corrected chi connectivity index (χ2v) is 6.41. The van der Waals surface area contributed by atoms with Crippen molar-refractivity contribution in [2.45, 2.75) is 19.5 Å². The molecular formula is C18H16N4O2S. The fourth-order valence-corrected chi connectivity index (χ4v) is 3.32. The van der Waals surface area contributed by atoms with Gasteiger partial charge >= 0.3 is 0 Å². The van der Waals surface area contributed by atoms with Gasteiger partial charge in [-0.15, -0.1) is 11.3 Å². The summed E-state index contributed by atoms with van der Waals surface area (Å²) in [6.45, 7) is 2.06. The lowest BCUT2D eigenvalue weighted by Crippen LogP contribution is -2.30. The number of carbonyl (C=O) groups is 1. The highest BCUT2D eigenvalue weighted by Crippen LogP contribution is 2.24. The number of amides is 1. The third-order valence-electron chi connectivity index (χ3n) is 3.97. The molecule has 1 amide bonds. The summed E-state index contributed by atoms with van der Waals surface area (Å²) in [7, 11) is 0. The van der Waals surface area contributed by atoms with Crippen molar-refractivity contribution in [3.05, 3.63) is 59.3 Å². The molecule has 0 fully saturated rings. The predicted octanol–water partition coefficient (Wildman–Crippen LogP) is 3.63. The molecule has 0 unspecified atom stereocenters. The zero-order valence-corrected chi connectivity index (χ0v) is 14.4. The Kier molecular flexibility index (Phi) is 4.07. The van der Waals surface area contributed by atoms with Crippen molar-refractivity contribution in [1.82, 2.24) is 19.9 Å². The quantitative estimate of drug-likeness (QED) is 0.595. The number of imidazole rings is 1. The van der Waals surface area contributed by atoms with Crippen LogP contribution < -0.4 is 5.32 Å². The normalized spacial score (nSPS) is 12.4. The lowest BCUT2D eigenvalue weighted by molar-refractivity contribution is -0.122. The van der Waals surface area contributed by atoms with Crippen molar-refractivity contribution >= 4 is 28.3 Å². The van der Waals surface area contributed by atoms with Gasteiger partial charge in [0.15, 0.2) is 5.82 Å². The number of hydrogen-bond donors (Lipinski definition) is 1. The van der Waals surface area contributed by atoms with E-state index in [-0.39, 0.29) is 18.5 Å². The van der Waals surface area contributed by atoms with Crippen molar-refractivity contribution < 1.29 is 9.21 Å². The standard InChI is InChI=1S/C18H16N4O2S/c1-12(16-7-4-8-24-16)20-17(23)9-22-15-6-3-2-5-13(15)21-18(22)14-10-25-11-19-14/h2-8,10-12H,9H2,1H3,(H,20,23)/t12-/m1/s1. The van der Waals surface area contributed by atoms with E-state index < -0.39 is 0 Å². The number of furan rings is 1. The van der Waals surface area contributed by atoms with Gasteiger partial charge in [-0.3, -0.25) is 4.79 Å². The molecule has 1 aromatic carbocycles. The van der Waals surface area contributed by atoms with Gasteiger partial charge in [0.25, 0.3) is 0 Å². The van der Waals surface area contributed by atoms with Crippen LogP contribution in [0.1, 0.15) is 18.7 Å². The van der Waals surface area contributed by atoms with E-state index in [0.29, 0.717) is 5.82 Å². The Bertz CT molecular complexity index is 990. The van der Waals surface area contributed by atoms with E-state index in [1.54, 1.807) is 11.8 Å². The summed E-state index contributed by atoms with van der Waals surface area (Å²) in [5, 5.41) is 4.89. The summed E-state index contributed by atoms with van der Waals surface area (Å²) in [6.07, 6.45) is 1.60. The van der Waals surface area contributed by atoms with Crippen molar-refractivity contribution in [2.24, 2.45) is 0 Å². The van der Waals surface area contributed by atoms with Gasteiger partial charge in [0.05, 0.1) is 28.8 Å². The minimum absolute atomic E-state index is 0.108. The third-order valence-corrected chi connectivity index (χ3v) is 4.55. The SMILES string of the molecule is C[C@@H](NC(=O)Cn1c(-c2cscn2)nc2ccccc21)c1ccco1. The molecule has 0 spiro atoms. The number of para-hydroxylation sites is 2. The molecule has 1 N–H and O–H groups in total. The van der Waals surface area contributed by atoms with Crippen molar-refractivity contribution in [1.29, 1.82) is 0 Å². The molecule has 1 atom stereocenters. The third kappa shape index (κ3) is 3.06. The van der Waals surface area contributed by atoms with Crippen LogP contribution in [0, 0.1) is 0 Å². The highest BCUT2D eigenvalue weighted by Gasteiger charge is 2.18. The molecule has 0 saturated carbocycles. The molecule has 4 aromatic rings. The smallest absolute Gasteiger partial charge is 0.240 e. The zero-order valence-electron chi connectivity index (χ0n) is 13.5. The van der Waals surface area contributed by atoms with Gasteiger partial charge in [0, 0.05) is 5.38 Å². The average molecular weight is 352 g/mol. The van der Waals surface area contributed by atoms with Gasteiger partial charge in [0.1, 0.15) is 18.0 Å². The summed E-state index contributed by atoms with van der Waals surface area (Å²) >= 11 is 1.50. The van der Waals surface area contributed by atoms with Gasteiger partial charge < -0.3 is 14.3 Å². The van der Waals surface area contributed by atoms with Crippen molar-refractivity contribution in [3.8, 4) is 11.5 Å². The minimum Gasteiger partial charge on any atom is -0.467 e. The minimum atomic E-state index is -0.194. The van der Waals surface area contributed by atoms with E-state index in [0.717, 1.165) is 22.5 Å². The van der Waals surface area contributed by atoms with Crippen LogP contribution in [0.4, 0.5) is 0 Å². The van der Waals surface area contributed by atoms with E-state index in [1.807, 2.05) is 53.3 Å². The first-order chi connectivity index (χ1) is 12.2. The monoisotopic (exact) mass is 352 g/mol. The Morgan fingerprint density at radius 1 is 1.32 bits per heavy atom. The topological polar surface area (TPSA) is 73.0 Å². The van der Waals surface area contributed by atoms with E-state index >= 15 is 0 Å². The Morgan fingerprint density at radius 2 is 2.20 bits per heavy atom. The molecule has 4 rings (SSSR count). The van der Waals surface area contributed by atoms with Crippen LogP contribution in [0.25, 0.3) is 22.6 Å². The first-order valence-electron chi connectivity index (χ1n) is 7.89. The molecule has 0 radical (unpaired) electrons. The Balaban J connectivity index is 1.64. The number of aromatic nitrogens is 3. The van der Waals surface area contributed by atoms with Crippen LogP contribution in [0.3, 0.4) is 0 Å². The van der Waals surface area contributed by atoms with Crippen LogP contribution in [0.5, 0.6) is 0 Å². The van der Waals surface area contributed by atoms with E-state index in [4.69, 9.17) is 4.42 Å². The maximum Gasteiger partial charge on any atom is 0.240 e. The predicted molar refractivity (Wildman–Crippen MR) is 96.1 cm³/mol. The Morgan fingerprint density at radius 3 is 2.96 bits per heavy atom. The first-order valence-corrected chi connectivity index (χ1v) is 8.83. The summed E-state index contributed by atoms with van der Waals surface area (Å²) in [6, 6.07) is 11.2. The fourth-order valence-electron chi connectivity index (χ4n) is 2.79. The van der Waals surface area contributed by atoms with Crippen LogP contribution in [-0.4, -0.2) is 20.4 Å². The van der Waals surface area contributed by atoms with Gasteiger partial charge in [-0.25, -0.2) is 9.97 Å². The molecule has 0 aliphatic heterocycles. The maximum absolute atomic E-state index is 12.6. The molecule has 0 aliphatic carbocycles. The maximum atomic E-state index is 12.6. The molecule has 3 heterocycles. The number of thiazole rings is 1. The van der Waals surface area contributed by atoms with Gasteiger partial charge in [-0.05, 0) is 31.2 Å². The number of nitrogens with zero attached hydrogens (tertiary/aromatic N) is 3. The van der Waals surface area contributed by atoms with Gasteiger partial charge in [-0.1, -0.05) is 12.1 Å². The molecule has 25 heavy (non-hydrogen) atoms. The van der Waals surface area contributed by atoms with Crippen molar-refractivity contribution in [2.75, 3.05) is 0 Å². The summed E-state index contributed by atoms with van der Waals surface area (Å²) in [4.78, 5) is 21.5. The number of rotatable bonds is 5. The second-order valence-electron chi connectivity index (χ2n) is 5.69. The lowest BCUT2D eigenvalue weighted by atomic mass is 10.2. The number of hydrogen-bond acceptors (Lipinski definition) is 5. The average Bonchev–Trinajstić information content (AvgIpc) is 3.36. The lowest BCUT2D eigenvalue weighted by Gasteiger charge is -2.13. The number of benzene rings is 1. The summed E-state index contributed by atoms with van der Waals surface area (Å²) in [5.41, 5.74) is 4.29. The van der Waals surface area contributed by atoms with E-state index in [2.05, 4.69) is 15.3 Å². The number of nitrogens with one attached hydrogen (secondary N) is 1. The molecule has 0 saturated heterocycles. The van der Waals surface area contributed by atoms with Crippen molar-refractivity contribution in [3.63, 3.8) is 0 Å². The van der Waals surface area contributed by atoms with Crippen LogP contribution in [-0.2, 0) is 11.3 Å². The van der Waals surface area contributed by atoms with Gasteiger partial charge in [-0.2, -0.15) is 0 Å². The second kappa shape index (κ2) is 6.52. The first kappa shape index (κ1) is 15.6. The highest BCUT2D eigenvalue weighted by molar-refractivity contribution is 7.07.